The lowest BCUT2D eigenvalue weighted by atomic mass is 9.94. The van der Waals surface area contributed by atoms with E-state index in [-0.39, 0.29) is 53.1 Å². The maximum Gasteiger partial charge on any atom is 0.246 e. The number of ether oxygens (including phenoxy) is 2. The summed E-state index contributed by atoms with van der Waals surface area (Å²) in [6, 6.07) is 8.23. The second-order valence-corrected chi connectivity index (χ2v) is 12.3. The molecule has 2 N–H and O–H groups in total. The van der Waals surface area contributed by atoms with Crippen LogP contribution < -0.4 is 10.5 Å². The van der Waals surface area contributed by atoms with Gasteiger partial charge in [-0.15, -0.1) is 11.3 Å². The van der Waals surface area contributed by atoms with Crippen molar-refractivity contribution < 1.29 is 27.4 Å². The summed E-state index contributed by atoms with van der Waals surface area (Å²) in [4.78, 5) is 23.6. The second kappa shape index (κ2) is 13.2. The maximum absolute atomic E-state index is 16.1. The molecule has 48 heavy (non-hydrogen) atoms. The van der Waals surface area contributed by atoms with Gasteiger partial charge in [0, 0.05) is 71.7 Å². The van der Waals surface area contributed by atoms with Crippen molar-refractivity contribution in [2.75, 3.05) is 33.1 Å². The molecule has 0 aliphatic carbocycles. The van der Waals surface area contributed by atoms with Crippen molar-refractivity contribution in [3.63, 3.8) is 0 Å². The number of rotatable bonds is 9. The minimum Gasteiger partial charge on any atom is -0.490 e. The highest BCUT2D eigenvalue weighted by Gasteiger charge is 2.35. The first-order chi connectivity index (χ1) is 23.1. The lowest BCUT2D eigenvalue weighted by Gasteiger charge is -2.38. The molecule has 13 heteroatoms. The Labute approximate surface area is 279 Å². The average Bonchev–Trinajstić information content (AvgIpc) is 3.65. The topological polar surface area (TPSA) is 108 Å². The monoisotopic (exact) mass is 674 g/mol. The van der Waals surface area contributed by atoms with Crippen molar-refractivity contribution in [2.45, 2.75) is 32.5 Å². The normalized spacial score (nSPS) is 16.1. The third-order valence-electron chi connectivity index (χ3n) is 8.35. The van der Waals surface area contributed by atoms with Crippen LogP contribution in [0.15, 0.2) is 59.4 Å². The number of halogens is 3. The molecule has 0 bridgehead atoms. The van der Waals surface area contributed by atoms with Gasteiger partial charge in [-0.3, -0.25) is 14.5 Å². The fourth-order valence-corrected chi connectivity index (χ4v) is 7.16. The summed E-state index contributed by atoms with van der Waals surface area (Å²) < 4.78 is 59.9. The Kier molecular flexibility index (Phi) is 9.08. The summed E-state index contributed by atoms with van der Waals surface area (Å²) in [7, 11) is 3.11. The van der Waals surface area contributed by atoms with Crippen LogP contribution in [-0.2, 0) is 16.1 Å². The van der Waals surface area contributed by atoms with Crippen LogP contribution in [0.3, 0.4) is 0 Å². The molecule has 1 amide bonds. The minimum atomic E-state index is -0.966. The van der Waals surface area contributed by atoms with Crippen LogP contribution in [-0.4, -0.2) is 65.2 Å². The van der Waals surface area contributed by atoms with Gasteiger partial charge >= 0.3 is 0 Å². The Hall–Kier alpha value is -5.01. The number of nitrogen functional groups attached to an aromatic ring is 1. The molecule has 0 spiro atoms. The van der Waals surface area contributed by atoms with Crippen LogP contribution in [0.25, 0.3) is 43.9 Å². The second-order valence-electron chi connectivity index (χ2n) is 11.4. The average molecular weight is 675 g/mol. The van der Waals surface area contributed by atoms with Crippen molar-refractivity contribution in [3.05, 3.63) is 83.1 Å². The molecule has 248 valence electrons. The zero-order chi connectivity index (χ0) is 34.3. The van der Waals surface area contributed by atoms with Crippen LogP contribution in [0.5, 0.6) is 5.75 Å². The van der Waals surface area contributed by atoms with E-state index >= 15 is 8.78 Å². The van der Waals surface area contributed by atoms with Gasteiger partial charge in [0.15, 0.2) is 0 Å². The van der Waals surface area contributed by atoms with Gasteiger partial charge in [-0.05, 0) is 32.1 Å². The molecule has 6 rings (SSSR count). The summed E-state index contributed by atoms with van der Waals surface area (Å²) in [5, 5.41) is 6.25. The van der Waals surface area contributed by atoms with Crippen LogP contribution in [0.4, 0.5) is 18.9 Å². The molecule has 5 aromatic rings. The lowest BCUT2D eigenvalue weighted by Crippen LogP contribution is -2.46. The molecular formula is C35H33F3N6O3S. The number of benzene rings is 2. The van der Waals surface area contributed by atoms with E-state index in [1.807, 2.05) is 13.8 Å². The predicted molar refractivity (Wildman–Crippen MR) is 182 cm³/mol. The molecule has 0 fully saturated rings. The van der Waals surface area contributed by atoms with Gasteiger partial charge in [0.05, 0.1) is 40.8 Å². The van der Waals surface area contributed by atoms with Crippen LogP contribution in [0, 0.1) is 17.5 Å². The van der Waals surface area contributed by atoms with E-state index in [0.717, 1.165) is 23.5 Å². The predicted octanol–water partition coefficient (Wildman–Crippen LogP) is 7.04. The number of carbonyl (C=O) groups is 1. The van der Waals surface area contributed by atoms with Crippen molar-refractivity contribution in [1.29, 1.82) is 0 Å². The SMILES string of the molecule is C=CC(=O)N1[C@H](C)c2cc(-c3nc(-c4ccc(C=NC)c(N)c4)c4scc(F)c4c3-c3c(F)cc(F)cc3OCCOC)nn2C[C@@H]1C. The molecule has 2 atom stereocenters. The first-order valence-corrected chi connectivity index (χ1v) is 16.0. The summed E-state index contributed by atoms with van der Waals surface area (Å²) in [6.07, 6.45) is 2.90. The number of amides is 1. The smallest absolute Gasteiger partial charge is 0.246 e. The third kappa shape index (κ3) is 5.73. The summed E-state index contributed by atoms with van der Waals surface area (Å²) in [6.45, 7) is 7.92. The lowest BCUT2D eigenvalue weighted by molar-refractivity contribution is -0.131. The Bertz CT molecular complexity index is 2090. The zero-order valence-electron chi connectivity index (χ0n) is 26.8. The maximum atomic E-state index is 16.1. The van der Waals surface area contributed by atoms with E-state index in [1.165, 1.54) is 18.6 Å². The number of hydrogen-bond donors (Lipinski definition) is 1. The summed E-state index contributed by atoms with van der Waals surface area (Å²) >= 11 is 1.10. The van der Waals surface area contributed by atoms with Gasteiger partial charge in [0.25, 0.3) is 0 Å². The Balaban J connectivity index is 1.68. The molecule has 0 radical (unpaired) electrons. The van der Waals surface area contributed by atoms with Gasteiger partial charge < -0.3 is 20.1 Å². The number of aromatic nitrogens is 3. The van der Waals surface area contributed by atoms with Crippen molar-refractivity contribution in [3.8, 4) is 39.5 Å². The number of nitrogens with zero attached hydrogens (tertiary/aromatic N) is 5. The minimum absolute atomic E-state index is 0.0173. The number of carbonyl (C=O) groups excluding carboxylic acids is 1. The molecule has 3 aromatic heterocycles. The first-order valence-electron chi connectivity index (χ1n) is 15.1. The number of fused-ring (bicyclic) bond motifs is 2. The van der Waals surface area contributed by atoms with E-state index in [4.69, 9.17) is 25.3 Å². The Morgan fingerprint density at radius 3 is 2.62 bits per heavy atom. The summed E-state index contributed by atoms with van der Waals surface area (Å²) in [5.74, 6) is -2.83. The number of hydrogen-bond acceptors (Lipinski definition) is 8. The van der Waals surface area contributed by atoms with Crippen molar-refractivity contribution in [2.24, 2.45) is 4.99 Å². The molecule has 0 saturated carbocycles. The number of methoxy groups -OCH3 is 1. The number of nitrogens with two attached hydrogens (primary N) is 1. The van der Waals surface area contributed by atoms with E-state index < -0.39 is 23.5 Å². The Morgan fingerprint density at radius 2 is 1.92 bits per heavy atom. The number of pyridine rings is 1. The fourth-order valence-electron chi connectivity index (χ4n) is 6.23. The molecule has 1 aliphatic heterocycles. The molecule has 4 heterocycles. The van der Waals surface area contributed by atoms with E-state index in [1.54, 1.807) is 47.1 Å². The largest absolute Gasteiger partial charge is 0.490 e. The molecule has 0 saturated heterocycles. The van der Waals surface area contributed by atoms with Crippen molar-refractivity contribution in [1.82, 2.24) is 19.7 Å². The summed E-state index contributed by atoms with van der Waals surface area (Å²) in [5.41, 5.74) is 9.48. The van der Waals surface area contributed by atoms with Gasteiger partial charge in [0.2, 0.25) is 5.91 Å². The highest BCUT2D eigenvalue weighted by Crippen LogP contribution is 2.48. The highest BCUT2D eigenvalue weighted by molar-refractivity contribution is 7.17. The molecule has 9 nitrogen and oxygen atoms in total. The van der Waals surface area contributed by atoms with E-state index in [2.05, 4.69) is 11.6 Å². The van der Waals surface area contributed by atoms with Gasteiger partial charge in [-0.25, -0.2) is 18.2 Å². The molecule has 1 aliphatic rings. The number of aliphatic imine (C=N–C) groups is 1. The van der Waals surface area contributed by atoms with Crippen LogP contribution in [0.2, 0.25) is 0 Å². The van der Waals surface area contributed by atoms with Crippen LogP contribution >= 0.6 is 11.3 Å². The van der Waals surface area contributed by atoms with Crippen molar-refractivity contribution >= 4 is 39.2 Å². The molecule has 2 aromatic carbocycles. The van der Waals surface area contributed by atoms with Gasteiger partial charge in [0.1, 0.15) is 41.2 Å². The quantitative estimate of drug-likeness (QED) is 0.0778. The van der Waals surface area contributed by atoms with E-state index in [9.17, 15) is 9.18 Å². The van der Waals surface area contributed by atoms with Crippen LogP contribution in [0.1, 0.15) is 31.1 Å². The third-order valence-corrected chi connectivity index (χ3v) is 9.31. The van der Waals surface area contributed by atoms with E-state index in [0.29, 0.717) is 45.1 Å². The molecule has 0 unspecified atom stereocenters. The van der Waals surface area contributed by atoms with Gasteiger partial charge in [-0.1, -0.05) is 18.7 Å². The first kappa shape index (κ1) is 32.9. The standard InChI is InChI=1S/C35H33F3N6O3S/c1-6-29(45)44-18(2)16-43-27(19(44)3)14-26(42-43)34-32(30-23(37)12-22(36)13-28(30)47-10-9-46-5)31-24(38)17-48-35(31)33(41-34)20-7-8-21(15-40-4)25(39)11-20/h6-8,11-15,17-19H,1,9-10,16,39H2,2-5H3/t18-,19+/m0/s1. The molecular weight excluding hydrogens is 641 g/mol. The Morgan fingerprint density at radius 1 is 1.12 bits per heavy atom. The zero-order valence-corrected chi connectivity index (χ0v) is 27.6. The highest BCUT2D eigenvalue weighted by atomic mass is 32.1. The fraction of sp³-hybridized carbons (Fsp3) is 0.257. The number of thiophene rings is 1. The number of anilines is 1. The van der Waals surface area contributed by atoms with Gasteiger partial charge in [-0.2, -0.15) is 5.10 Å².